The summed E-state index contributed by atoms with van der Waals surface area (Å²) in [6, 6.07) is 11.3. The predicted molar refractivity (Wildman–Crippen MR) is 130 cm³/mol. The maximum atomic E-state index is 14.1. The first-order chi connectivity index (χ1) is 16.5. The molecule has 2 aromatic carbocycles. The molecule has 1 saturated heterocycles. The van der Waals surface area contributed by atoms with Crippen molar-refractivity contribution in [3.05, 3.63) is 58.7 Å². The van der Waals surface area contributed by atoms with E-state index in [9.17, 15) is 9.59 Å². The third-order valence-corrected chi connectivity index (χ3v) is 7.27. The smallest absolute Gasteiger partial charge is 0.254 e. The van der Waals surface area contributed by atoms with Gasteiger partial charge < -0.3 is 24.2 Å². The summed E-state index contributed by atoms with van der Waals surface area (Å²) in [5, 5.41) is 0. The van der Waals surface area contributed by atoms with Gasteiger partial charge in [-0.05, 0) is 62.2 Å². The molecule has 0 bridgehead atoms. The zero-order valence-electron chi connectivity index (χ0n) is 20.3. The van der Waals surface area contributed by atoms with Crippen molar-refractivity contribution in [3.63, 3.8) is 0 Å². The van der Waals surface area contributed by atoms with Crippen LogP contribution in [0, 0.1) is 0 Å². The number of nitrogens with zero attached hydrogens (tertiary/aromatic N) is 3. The highest BCUT2D eigenvalue weighted by molar-refractivity contribution is 6.01. The molecule has 0 spiro atoms. The largest absolute Gasteiger partial charge is 0.490 e. The van der Waals surface area contributed by atoms with E-state index in [4.69, 9.17) is 9.47 Å². The first kappa shape index (κ1) is 22.7. The van der Waals surface area contributed by atoms with Crippen LogP contribution in [-0.4, -0.2) is 79.5 Å². The van der Waals surface area contributed by atoms with Gasteiger partial charge in [0.15, 0.2) is 11.5 Å². The zero-order valence-corrected chi connectivity index (χ0v) is 20.3. The third-order valence-electron chi connectivity index (χ3n) is 7.27. The number of piperazine rings is 1. The molecular formula is C27H33N3O4. The molecule has 7 heteroatoms. The van der Waals surface area contributed by atoms with Crippen LogP contribution < -0.4 is 9.47 Å². The Kier molecular flexibility index (Phi) is 6.21. The van der Waals surface area contributed by atoms with Crippen LogP contribution in [0.2, 0.25) is 0 Å². The average molecular weight is 464 g/mol. The van der Waals surface area contributed by atoms with Crippen molar-refractivity contribution >= 4 is 11.8 Å². The summed E-state index contributed by atoms with van der Waals surface area (Å²) < 4.78 is 11.8. The number of amides is 2. The normalized spacial score (nSPS) is 22.0. The van der Waals surface area contributed by atoms with Gasteiger partial charge in [-0.2, -0.15) is 0 Å². The number of carbonyl (C=O) groups is 2. The second-order valence-electron chi connectivity index (χ2n) is 9.25. The molecule has 3 heterocycles. The van der Waals surface area contributed by atoms with Crippen molar-refractivity contribution in [2.24, 2.45) is 0 Å². The van der Waals surface area contributed by atoms with Gasteiger partial charge in [0.25, 0.3) is 5.91 Å². The van der Waals surface area contributed by atoms with Crippen molar-refractivity contribution in [2.75, 3.05) is 53.0 Å². The second-order valence-corrected chi connectivity index (χ2v) is 9.25. The van der Waals surface area contributed by atoms with Gasteiger partial charge in [0.2, 0.25) is 5.91 Å². The molecule has 5 rings (SSSR count). The molecule has 3 aliphatic rings. The van der Waals surface area contributed by atoms with E-state index in [-0.39, 0.29) is 17.9 Å². The standard InChI is InChI=1S/C27H33N3O4/c1-4-33-22-16-18-10-11-30-25(21(18)17-23(22)34-5-2)24(19-8-6-7-9-20(19)26(30)31)27(32)29-14-12-28(3)13-15-29/h6-9,16-17,24-25H,4-5,10-15H2,1-3H3/t24-,25-/m1/s1. The van der Waals surface area contributed by atoms with Crippen LogP contribution in [0.5, 0.6) is 11.5 Å². The van der Waals surface area contributed by atoms with Gasteiger partial charge in [0.1, 0.15) is 0 Å². The second kappa shape index (κ2) is 9.29. The van der Waals surface area contributed by atoms with Crippen LogP contribution >= 0.6 is 0 Å². The lowest BCUT2D eigenvalue weighted by Gasteiger charge is -2.47. The fourth-order valence-electron chi connectivity index (χ4n) is 5.56. The van der Waals surface area contributed by atoms with E-state index in [2.05, 4.69) is 11.9 Å². The molecule has 2 atom stereocenters. The van der Waals surface area contributed by atoms with Gasteiger partial charge in [-0.25, -0.2) is 0 Å². The molecule has 180 valence electrons. The van der Waals surface area contributed by atoms with Crippen LogP contribution in [0.15, 0.2) is 36.4 Å². The number of ether oxygens (including phenoxy) is 2. The van der Waals surface area contributed by atoms with Gasteiger partial charge in [0.05, 0.1) is 25.2 Å². The molecule has 3 aliphatic heterocycles. The van der Waals surface area contributed by atoms with E-state index >= 15 is 0 Å². The number of benzene rings is 2. The molecule has 0 radical (unpaired) electrons. The first-order valence-corrected chi connectivity index (χ1v) is 12.3. The van der Waals surface area contributed by atoms with Crippen molar-refractivity contribution in [2.45, 2.75) is 32.2 Å². The highest BCUT2D eigenvalue weighted by Gasteiger charge is 2.47. The Morgan fingerprint density at radius 3 is 2.32 bits per heavy atom. The van der Waals surface area contributed by atoms with Gasteiger partial charge in [-0.3, -0.25) is 9.59 Å². The molecule has 7 nitrogen and oxygen atoms in total. The summed E-state index contributed by atoms with van der Waals surface area (Å²) in [5.41, 5.74) is 3.59. The average Bonchev–Trinajstić information content (AvgIpc) is 2.85. The number of carbonyl (C=O) groups excluding carboxylic acids is 2. The van der Waals surface area contributed by atoms with Crippen LogP contribution in [0.1, 0.15) is 52.9 Å². The molecule has 34 heavy (non-hydrogen) atoms. The summed E-state index contributed by atoms with van der Waals surface area (Å²) in [6.45, 7) is 8.66. The topological polar surface area (TPSA) is 62.3 Å². The third kappa shape index (κ3) is 3.82. The molecule has 1 fully saturated rings. The Bertz CT molecular complexity index is 1090. The van der Waals surface area contributed by atoms with Crippen molar-refractivity contribution < 1.29 is 19.1 Å². The van der Waals surface area contributed by atoms with Crippen molar-refractivity contribution in [3.8, 4) is 11.5 Å². The minimum Gasteiger partial charge on any atom is -0.490 e. The minimum absolute atomic E-state index is 0.000483. The van der Waals surface area contributed by atoms with E-state index in [1.807, 2.05) is 60.0 Å². The van der Waals surface area contributed by atoms with Crippen LogP contribution in [0.4, 0.5) is 0 Å². The fraction of sp³-hybridized carbons (Fsp3) is 0.481. The van der Waals surface area contributed by atoms with Gasteiger partial charge in [-0.15, -0.1) is 0 Å². The lowest BCUT2D eigenvalue weighted by Crippen LogP contribution is -2.54. The van der Waals surface area contributed by atoms with E-state index in [1.165, 1.54) is 0 Å². The molecule has 0 N–H and O–H groups in total. The van der Waals surface area contributed by atoms with E-state index in [0.717, 1.165) is 42.0 Å². The highest BCUT2D eigenvalue weighted by Crippen LogP contribution is 2.49. The lowest BCUT2D eigenvalue weighted by atomic mass is 9.75. The van der Waals surface area contributed by atoms with Crippen LogP contribution in [0.3, 0.4) is 0 Å². The van der Waals surface area contributed by atoms with Gasteiger partial charge in [-0.1, -0.05) is 18.2 Å². The summed E-state index contributed by atoms with van der Waals surface area (Å²) in [4.78, 5) is 33.8. The van der Waals surface area contributed by atoms with E-state index < -0.39 is 5.92 Å². The maximum absolute atomic E-state index is 14.1. The number of fused-ring (bicyclic) bond motifs is 4. The van der Waals surface area contributed by atoms with Crippen LogP contribution in [-0.2, 0) is 11.2 Å². The number of hydrogen-bond acceptors (Lipinski definition) is 5. The molecule has 0 unspecified atom stereocenters. The predicted octanol–water partition coefficient (Wildman–Crippen LogP) is 3.09. The van der Waals surface area contributed by atoms with Crippen molar-refractivity contribution in [1.29, 1.82) is 0 Å². The molecular weight excluding hydrogens is 430 g/mol. The van der Waals surface area contributed by atoms with Crippen LogP contribution in [0.25, 0.3) is 0 Å². The monoisotopic (exact) mass is 463 g/mol. The Hall–Kier alpha value is -3.06. The first-order valence-electron chi connectivity index (χ1n) is 12.3. The number of hydrogen-bond donors (Lipinski definition) is 0. The number of likely N-dealkylation sites (N-methyl/N-ethyl adjacent to an activating group) is 1. The SMILES string of the molecule is CCOc1cc2c(cc1OCC)[C@@H]1[C@H](C(=O)N3CCN(C)CC3)c3ccccc3C(=O)N1CC2. The Morgan fingerprint density at radius 1 is 0.941 bits per heavy atom. The molecule has 0 saturated carbocycles. The molecule has 0 aromatic heterocycles. The zero-order chi connectivity index (χ0) is 23.8. The Balaban J connectivity index is 1.63. The van der Waals surface area contributed by atoms with Gasteiger partial charge in [0, 0.05) is 38.3 Å². The molecule has 2 aromatic rings. The highest BCUT2D eigenvalue weighted by atomic mass is 16.5. The van der Waals surface area contributed by atoms with Crippen molar-refractivity contribution in [1.82, 2.24) is 14.7 Å². The summed E-state index contributed by atoms with van der Waals surface area (Å²) in [6.07, 6.45) is 0.724. The summed E-state index contributed by atoms with van der Waals surface area (Å²) in [5.74, 6) is 1.05. The Morgan fingerprint density at radius 2 is 1.62 bits per heavy atom. The van der Waals surface area contributed by atoms with Gasteiger partial charge >= 0.3 is 0 Å². The number of rotatable bonds is 5. The quantitative estimate of drug-likeness (QED) is 0.682. The minimum atomic E-state index is -0.441. The molecule has 0 aliphatic carbocycles. The summed E-state index contributed by atoms with van der Waals surface area (Å²) >= 11 is 0. The Labute approximate surface area is 201 Å². The maximum Gasteiger partial charge on any atom is 0.254 e. The van der Waals surface area contributed by atoms with E-state index in [0.29, 0.717) is 44.2 Å². The fourth-order valence-corrected chi connectivity index (χ4v) is 5.56. The lowest BCUT2D eigenvalue weighted by molar-refractivity contribution is -0.136. The summed E-state index contributed by atoms with van der Waals surface area (Å²) in [7, 11) is 2.08. The van der Waals surface area contributed by atoms with E-state index in [1.54, 1.807) is 0 Å². The molecule has 2 amide bonds.